The molecule has 0 fully saturated rings. The van der Waals surface area contributed by atoms with Crippen molar-refractivity contribution in [2.75, 3.05) is 6.54 Å². The second kappa shape index (κ2) is 10.4. The van der Waals surface area contributed by atoms with Crippen molar-refractivity contribution in [1.29, 1.82) is 0 Å². The van der Waals surface area contributed by atoms with Gasteiger partial charge in [-0.2, -0.15) is 0 Å². The van der Waals surface area contributed by atoms with Crippen LogP contribution in [0.1, 0.15) is 28.3 Å². The maximum atomic E-state index is 12.1. The maximum Gasteiger partial charge on any atom is 0.287 e. The molecular weight excluding hydrogens is 438 g/mol. The van der Waals surface area contributed by atoms with Gasteiger partial charge in [0.2, 0.25) is 5.91 Å². The molecule has 0 saturated carbocycles. The number of nitrogens with one attached hydrogen (secondary N) is 2. The summed E-state index contributed by atoms with van der Waals surface area (Å²) in [6, 6.07) is 14.4. The van der Waals surface area contributed by atoms with E-state index in [4.69, 9.17) is 9.15 Å². The van der Waals surface area contributed by atoms with Gasteiger partial charge in [-0.15, -0.1) is 0 Å². The Kier molecular flexibility index (Phi) is 7.40. The SMILES string of the molecule is O=C(CCNC(=O)c1ccc(COc2cccc(Br)c2)o1)NCc1ccncc1. The van der Waals surface area contributed by atoms with Crippen LogP contribution in [0.4, 0.5) is 0 Å². The predicted octanol–water partition coefficient (Wildman–Crippen LogP) is 3.45. The standard InChI is InChI=1S/C21H20BrN3O4/c22-16-2-1-3-17(12-16)28-14-18-4-5-19(29-18)21(27)24-11-8-20(26)25-13-15-6-9-23-10-7-15/h1-7,9-10,12H,8,11,13-14H2,(H,24,27)(H,25,26). The number of rotatable bonds is 9. The number of carbonyl (C=O) groups is 2. The molecular formula is C21H20BrN3O4. The van der Waals surface area contributed by atoms with E-state index in [1.807, 2.05) is 36.4 Å². The number of halogens is 1. The first kappa shape index (κ1) is 20.6. The fourth-order valence-electron chi connectivity index (χ4n) is 2.46. The monoisotopic (exact) mass is 457 g/mol. The van der Waals surface area contributed by atoms with Gasteiger partial charge in [0.05, 0.1) is 0 Å². The lowest BCUT2D eigenvalue weighted by atomic mass is 10.2. The van der Waals surface area contributed by atoms with E-state index in [1.54, 1.807) is 24.5 Å². The first-order valence-corrected chi connectivity index (χ1v) is 9.80. The average molecular weight is 458 g/mol. The van der Waals surface area contributed by atoms with Crippen molar-refractivity contribution >= 4 is 27.7 Å². The lowest BCUT2D eigenvalue weighted by Gasteiger charge is -2.06. The van der Waals surface area contributed by atoms with Gasteiger partial charge in [0.1, 0.15) is 18.1 Å². The molecule has 8 heteroatoms. The van der Waals surface area contributed by atoms with Crippen LogP contribution in [-0.2, 0) is 17.9 Å². The van der Waals surface area contributed by atoms with Crippen LogP contribution in [-0.4, -0.2) is 23.3 Å². The molecule has 29 heavy (non-hydrogen) atoms. The lowest BCUT2D eigenvalue weighted by Crippen LogP contribution is -2.30. The zero-order chi connectivity index (χ0) is 20.5. The second-order valence-corrected chi connectivity index (χ2v) is 7.07. The van der Waals surface area contributed by atoms with Gasteiger partial charge >= 0.3 is 0 Å². The molecule has 2 N–H and O–H groups in total. The number of nitrogens with zero attached hydrogens (tertiary/aromatic N) is 1. The summed E-state index contributed by atoms with van der Waals surface area (Å²) < 4.78 is 12.1. The highest BCUT2D eigenvalue weighted by Gasteiger charge is 2.12. The fourth-order valence-corrected chi connectivity index (χ4v) is 2.83. The molecule has 0 aliphatic heterocycles. The Labute approximate surface area is 176 Å². The van der Waals surface area contributed by atoms with Crippen molar-refractivity contribution in [2.24, 2.45) is 0 Å². The highest BCUT2D eigenvalue weighted by Crippen LogP contribution is 2.19. The number of aromatic nitrogens is 1. The summed E-state index contributed by atoms with van der Waals surface area (Å²) in [5.41, 5.74) is 0.963. The van der Waals surface area contributed by atoms with Gasteiger partial charge in [-0.1, -0.05) is 22.0 Å². The third-order valence-corrected chi connectivity index (χ3v) is 4.43. The van der Waals surface area contributed by atoms with Crippen molar-refractivity contribution < 1.29 is 18.7 Å². The van der Waals surface area contributed by atoms with Crippen LogP contribution in [0.25, 0.3) is 0 Å². The smallest absolute Gasteiger partial charge is 0.287 e. The zero-order valence-electron chi connectivity index (χ0n) is 15.6. The van der Waals surface area contributed by atoms with E-state index in [9.17, 15) is 9.59 Å². The number of ether oxygens (including phenoxy) is 1. The number of hydrogen-bond donors (Lipinski definition) is 2. The van der Waals surface area contributed by atoms with E-state index in [0.29, 0.717) is 18.1 Å². The Hall–Kier alpha value is -3.13. The molecule has 0 radical (unpaired) electrons. The quantitative estimate of drug-likeness (QED) is 0.513. The molecule has 0 saturated heterocycles. The minimum Gasteiger partial charge on any atom is -0.486 e. The molecule has 1 aromatic carbocycles. The molecule has 2 heterocycles. The number of pyridine rings is 1. The Bertz CT molecular complexity index is 959. The Morgan fingerprint density at radius 2 is 1.90 bits per heavy atom. The minimum absolute atomic E-state index is 0.148. The largest absolute Gasteiger partial charge is 0.486 e. The zero-order valence-corrected chi connectivity index (χ0v) is 17.1. The average Bonchev–Trinajstić information content (AvgIpc) is 3.21. The highest BCUT2D eigenvalue weighted by molar-refractivity contribution is 9.10. The number of benzene rings is 1. The number of furan rings is 1. The topological polar surface area (TPSA) is 93.5 Å². The van der Waals surface area contributed by atoms with Gasteiger partial charge in [0, 0.05) is 36.4 Å². The van der Waals surface area contributed by atoms with Gasteiger partial charge in [0.25, 0.3) is 5.91 Å². The van der Waals surface area contributed by atoms with Crippen LogP contribution in [0.3, 0.4) is 0 Å². The van der Waals surface area contributed by atoms with Crippen LogP contribution in [0.15, 0.2) is 69.8 Å². The van der Waals surface area contributed by atoms with Crippen molar-refractivity contribution in [1.82, 2.24) is 15.6 Å². The summed E-state index contributed by atoms with van der Waals surface area (Å²) in [5, 5.41) is 5.46. The van der Waals surface area contributed by atoms with Crippen molar-refractivity contribution in [2.45, 2.75) is 19.6 Å². The van der Waals surface area contributed by atoms with Crippen LogP contribution < -0.4 is 15.4 Å². The molecule has 0 spiro atoms. The van der Waals surface area contributed by atoms with E-state index < -0.39 is 0 Å². The van der Waals surface area contributed by atoms with E-state index in [2.05, 4.69) is 31.5 Å². The molecule has 3 aromatic rings. The highest BCUT2D eigenvalue weighted by atomic mass is 79.9. The Morgan fingerprint density at radius 3 is 2.69 bits per heavy atom. The predicted molar refractivity (Wildman–Crippen MR) is 110 cm³/mol. The van der Waals surface area contributed by atoms with E-state index in [1.165, 1.54) is 0 Å². The molecule has 2 aromatic heterocycles. The molecule has 150 valence electrons. The lowest BCUT2D eigenvalue weighted by molar-refractivity contribution is -0.121. The normalized spacial score (nSPS) is 10.4. The number of carbonyl (C=O) groups excluding carboxylic acids is 2. The van der Waals surface area contributed by atoms with Crippen molar-refractivity contribution in [3.63, 3.8) is 0 Å². The van der Waals surface area contributed by atoms with Crippen molar-refractivity contribution in [3.8, 4) is 5.75 Å². The molecule has 0 aliphatic rings. The third kappa shape index (κ3) is 6.76. The second-order valence-electron chi connectivity index (χ2n) is 6.15. The minimum atomic E-state index is -0.374. The summed E-state index contributed by atoms with van der Waals surface area (Å²) in [5.74, 6) is 0.880. The first-order chi connectivity index (χ1) is 14.1. The molecule has 0 aliphatic carbocycles. The van der Waals surface area contributed by atoms with E-state index >= 15 is 0 Å². The van der Waals surface area contributed by atoms with Gasteiger partial charge in [0.15, 0.2) is 5.76 Å². The maximum absolute atomic E-state index is 12.1. The summed E-state index contributed by atoms with van der Waals surface area (Å²) in [6.07, 6.45) is 3.52. The van der Waals surface area contributed by atoms with Gasteiger partial charge in [-0.3, -0.25) is 14.6 Å². The molecule has 0 atom stereocenters. The van der Waals surface area contributed by atoms with E-state index in [-0.39, 0.29) is 37.1 Å². The van der Waals surface area contributed by atoms with Gasteiger partial charge in [-0.05, 0) is 48.0 Å². The summed E-state index contributed by atoms with van der Waals surface area (Å²) in [6.45, 7) is 0.849. The fraction of sp³-hybridized carbons (Fsp3) is 0.190. The number of hydrogen-bond acceptors (Lipinski definition) is 5. The number of amides is 2. The van der Waals surface area contributed by atoms with Gasteiger partial charge in [-0.25, -0.2) is 0 Å². The van der Waals surface area contributed by atoms with Crippen LogP contribution in [0.2, 0.25) is 0 Å². The summed E-state index contributed by atoms with van der Waals surface area (Å²) in [4.78, 5) is 27.9. The van der Waals surface area contributed by atoms with Crippen LogP contribution >= 0.6 is 15.9 Å². The van der Waals surface area contributed by atoms with Crippen LogP contribution in [0, 0.1) is 0 Å². The van der Waals surface area contributed by atoms with Crippen molar-refractivity contribution in [3.05, 3.63) is 82.5 Å². The summed E-state index contributed by atoms with van der Waals surface area (Å²) in [7, 11) is 0. The molecule has 7 nitrogen and oxygen atoms in total. The Morgan fingerprint density at radius 1 is 1.07 bits per heavy atom. The van der Waals surface area contributed by atoms with Crippen LogP contribution in [0.5, 0.6) is 5.75 Å². The Balaban J connectivity index is 1.38. The van der Waals surface area contributed by atoms with Gasteiger partial charge < -0.3 is 19.8 Å². The van der Waals surface area contributed by atoms with E-state index in [0.717, 1.165) is 10.0 Å². The first-order valence-electron chi connectivity index (χ1n) is 9.01. The molecule has 0 bridgehead atoms. The molecule has 3 rings (SSSR count). The summed E-state index contributed by atoms with van der Waals surface area (Å²) >= 11 is 3.38. The third-order valence-electron chi connectivity index (χ3n) is 3.94. The molecule has 2 amide bonds. The molecule has 0 unspecified atom stereocenters.